The largest absolute Gasteiger partial charge is 1.00 e. The van der Waals surface area contributed by atoms with Crippen molar-refractivity contribution < 1.29 is 80.7 Å². The van der Waals surface area contributed by atoms with Crippen LogP contribution in [-0.2, 0) is 45.3 Å². The van der Waals surface area contributed by atoms with Gasteiger partial charge in [0.15, 0.2) is 0 Å². The Bertz CT molecular complexity index is 1180. The Morgan fingerprint density at radius 3 is 2.31 bits per heavy atom. The number of alkyl carbamates (subject to hydrolysis) is 2. The maximum absolute atomic E-state index is 13.3. The molecule has 0 aromatic heterocycles. The van der Waals surface area contributed by atoms with Gasteiger partial charge in [0, 0.05) is 12.5 Å². The van der Waals surface area contributed by atoms with Crippen molar-refractivity contribution in [2.75, 3.05) is 20.2 Å². The molecule has 0 spiro atoms. The van der Waals surface area contributed by atoms with Crippen molar-refractivity contribution in [3.05, 3.63) is 35.9 Å². The minimum absolute atomic E-state index is 0. The number of amides is 4. The van der Waals surface area contributed by atoms with Crippen LogP contribution in [0.15, 0.2) is 30.3 Å². The summed E-state index contributed by atoms with van der Waals surface area (Å²) in [6.07, 6.45) is -2.38. The second-order valence-electron chi connectivity index (χ2n) is 9.71. The number of nitrogens with one attached hydrogen (secondary N) is 4. The number of benzene rings is 1. The van der Waals surface area contributed by atoms with Gasteiger partial charge in [0.1, 0.15) is 29.3 Å². The van der Waals surface area contributed by atoms with Crippen molar-refractivity contribution in [2.24, 2.45) is 11.8 Å². The van der Waals surface area contributed by atoms with E-state index in [2.05, 4.69) is 20.7 Å². The third-order valence-electron chi connectivity index (χ3n) is 6.00. The van der Waals surface area contributed by atoms with Crippen LogP contribution in [0.2, 0.25) is 0 Å². The zero-order chi connectivity index (χ0) is 30.6. The monoisotopic (exact) mass is 622 g/mol. The van der Waals surface area contributed by atoms with Crippen LogP contribution in [0, 0.1) is 11.8 Å². The van der Waals surface area contributed by atoms with Gasteiger partial charge in [-0.15, -0.1) is 0 Å². The van der Waals surface area contributed by atoms with Gasteiger partial charge in [0.2, 0.25) is 17.3 Å². The summed E-state index contributed by atoms with van der Waals surface area (Å²) in [6.45, 7) is 3.07. The second kappa shape index (κ2) is 17.9. The van der Waals surface area contributed by atoms with Crippen LogP contribution >= 0.6 is 0 Å². The van der Waals surface area contributed by atoms with E-state index in [1.165, 1.54) is 0 Å². The first-order valence-electron chi connectivity index (χ1n) is 12.8. The number of rotatable bonds is 14. The van der Waals surface area contributed by atoms with Gasteiger partial charge < -0.3 is 40.0 Å². The molecule has 0 aliphatic carbocycles. The second-order valence-corrected chi connectivity index (χ2v) is 11.2. The minimum atomic E-state index is -5.43. The summed E-state index contributed by atoms with van der Waals surface area (Å²) < 4.78 is 51.0. The van der Waals surface area contributed by atoms with E-state index < -0.39 is 70.1 Å². The first kappa shape index (κ1) is 37.1. The Kier molecular flexibility index (Phi) is 15.8. The van der Waals surface area contributed by atoms with Gasteiger partial charge >= 0.3 is 47.7 Å². The molecule has 4 atom stereocenters. The van der Waals surface area contributed by atoms with Gasteiger partial charge in [-0.3, -0.25) is 14.4 Å². The van der Waals surface area contributed by atoms with Crippen molar-refractivity contribution in [3.63, 3.8) is 0 Å². The van der Waals surface area contributed by atoms with Gasteiger partial charge in [-0.25, -0.2) is 18.0 Å². The first-order valence-corrected chi connectivity index (χ1v) is 14.3. The van der Waals surface area contributed by atoms with Crippen molar-refractivity contribution >= 4 is 40.1 Å². The Morgan fingerprint density at radius 1 is 1.10 bits per heavy atom. The first-order chi connectivity index (χ1) is 19.3. The summed E-state index contributed by atoms with van der Waals surface area (Å²) >= 11 is 0. The minimum Gasteiger partial charge on any atom is -0.745 e. The molecule has 2 rings (SSSR count). The molecular formula is C25H35N4NaO11S. The van der Waals surface area contributed by atoms with E-state index in [-0.39, 0.29) is 67.9 Å². The normalized spacial score (nSPS) is 16.6. The van der Waals surface area contributed by atoms with Crippen LogP contribution in [0.4, 0.5) is 9.59 Å². The molecule has 1 heterocycles. The molecule has 4 amide bonds. The maximum atomic E-state index is 13.3. The van der Waals surface area contributed by atoms with Crippen molar-refractivity contribution in [3.8, 4) is 0 Å². The van der Waals surface area contributed by atoms with E-state index >= 15 is 0 Å². The summed E-state index contributed by atoms with van der Waals surface area (Å²) in [4.78, 5) is 61.6. The Morgan fingerprint density at radius 2 is 1.76 bits per heavy atom. The van der Waals surface area contributed by atoms with Gasteiger partial charge in [0.05, 0.1) is 13.2 Å². The van der Waals surface area contributed by atoms with Crippen molar-refractivity contribution in [2.45, 2.75) is 57.2 Å². The molecule has 1 unspecified atom stereocenters. The standard InChI is InChI=1S/C25H36N4O11S.Na/c1-15(2)11-18(29-25(34)39-14-16-7-5-4-6-8-16)22(32)28-19(12-17-9-10-26-21(17)31)23(41(35,36)37)40-24(33)27-13-20(30)38-3;/h4-8,15,17-19,23H,9-14H2,1-3H3,(H,26,31)(H,27,33)(H,28,32)(H,29,34)(H,35,36,37);/q;+1/p-1/t17-,18-,19-,23?;/m0./s1. The molecule has 1 saturated heterocycles. The number of esters is 1. The quantitative estimate of drug-likeness (QED) is 0.0714. The maximum Gasteiger partial charge on any atom is 1.00 e. The van der Waals surface area contributed by atoms with E-state index in [0.717, 1.165) is 7.11 Å². The molecule has 4 N–H and O–H groups in total. The van der Waals surface area contributed by atoms with Crippen LogP contribution in [-0.4, -0.2) is 80.7 Å². The summed E-state index contributed by atoms with van der Waals surface area (Å²) in [5.41, 5.74) is -1.77. The van der Waals surface area contributed by atoms with Crippen LogP contribution in [0.1, 0.15) is 38.7 Å². The van der Waals surface area contributed by atoms with E-state index in [0.29, 0.717) is 5.56 Å². The zero-order valence-corrected chi connectivity index (χ0v) is 26.7. The molecule has 0 radical (unpaired) electrons. The van der Waals surface area contributed by atoms with Crippen LogP contribution in [0.5, 0.6) is 0 Å². The number of ether oxygens (including phenoxy) is 3. The van der Waals surface area contributed by atoms with E-state index in [1.54, 1.807) is 44.2 Å². The number of hydrogen-bond acceptors (Lipinski definition) is 11. The predicted molar refractivity (Wildman–Crippen MR) is 141 cm³/mol. The summed E-state index contributed by atoms with van der Waals surface area (Å²) in [6, 6.07) is 5.87. The third kappa shape index (κ3) is 12.9. The number of methoxy groups -OCH3 is 1. The number of carbonyl (C=O) groups is 5. The van der Waals surface area contributed by atoms with Crippen molar-refractivity contribution in [1.82, 2.24) is 21.3 Å². The molecule has 1 aliphatic rings. The average molecular weight is 623 g/mol. The Balaban J connectivity index is 0.00000882. The van der Waals surface area contributed by atoms with E-state index in [4.69, 9.17) is 9.47 Å². The van der Waals surface area contributed by atoms with Crippen LogP contribution in [0.25, 0.3) is 0 Å². The fourth-order valence-corrected chi connectivity index (χ4v) is 4.80. The van der Waals surface area contributed by atoms with E-state index in [1.807, 2.05) is 5.32 Å². The molecule has 0 bridgehead atoms. The van der Waals surface area contributed by atoms with Gasteiger partial charge in [0.25, 0.3) is 0 Å². The fraction of sp³-hybridized carbons (Fsp3) is 0.560. The summed E-state index contributed by atoms with van der Waals surface area (Å²) in [7, 11) is -4.37. The third-order valence-corrected chi connectivity index (χ3v) is 6.99. The van der Waals surface area contributed by atoms with Gasteiger partial charge in [-0.2, -0.15) is 0 Å². The molecule has 1 fully saturated rings. The average Bonchev–Trinajstić information content (AvgIpc) is 3.32. The fourth-order valence-electron chi connectivity index (χ4n) is 4.01. The SMILES string of the molecule is COC(=O)CNC(=O)OC([C@H](C[C@@H]1CCNC1=O)NC(=O)[C@H](CC(C)C)NC(=O)OCc1ccccc1)S(=O)(=O)[O-].[Na+]. The van der Waals surface area contributed by atoms with Gasteiger partial charge in [-0.1, -0.05) is 44.2 Å². The zero-order valence-electron chi connectivity index (χ0n) is 23.9. The molecule has 17 heteroatoms. The molecule has 42 heavy (non-hydrogen) atoms. The molecular weight excluding hydrogens is 587 g/mol. The topological polar surface area (TPSA) is 218 Å². The summed E-state index contributed by atoms with van der Waals surface area (Å²) in [5, 5.41) is 9.31. The molecule has 1 aliphatic heterocycles. The molecule has 1 aromatic rings. The molecule has 1 aromatic carbocycles. The smallest absolute Gasteiger partial charge is 0.745 e. The van der Waals surface area contributed by atoms with E-state index in [9.17, 15) is 36.9 Å². The molecule has 15 nitrogen and oxygen atoms in total. The molecule has 228 valence electrons. The Labute approximate surface area is 266 Å². The number of hydrogen-bond donors (Lipinski definition) is 4. The predicted octanol–water partition coefficient (Wildman–Crippen LogP) is -2.89. The van der Waals surface area contributed by atoms with Crippen molar-refractivity contribution in [1.29, 1.82) is 0 Å². The van der Waals surface area contributed by atoms with Crippen LogP contribution in [0.3, 0.4) is 0 Å². The van der Waals surface area contributed by atoms with Gasteiger partial charge in [-0.05, 0) is 30.7 Å². The Hall–Kier alpha value is -2.92. The summed E-state index contributed by atoms with van der Waals surface area (Å²) in [5.74, 6) is -3.15. The molecule has 0 saturated carbocycles. The van der Waals surface area contributed by atoms with Crippen LogP contribution < -0.4 is 50.8 Å². The number of carbonyl (C=O) groups excluding carboxylic acids is 5.